The van der Waals surface area contributed by atoms with Gasteiger partial charge in [0.15, 0.2) is 5.82 Å². The van der Waals surface area contributed by atoms with Crippen molar-refractivity contribution in [2.75, 3.05) is 29.4 Å². The third-order valence-corrected chi connectivity index (χ3v) is 5.88. The predicted molar refractivity (Wildman–Crippen MR) is 125 cm³/mol. The molecule has 0 aliphatic carbocycles. The zero-order valence-corrected chi connectivity index (χ0v) is 18.0. The number of rotatable bonds is 4. The van der Waals surface area contributed by atoms with Gasteiger partial charge in [0.05, 0.1) is 16.6 Å². The first-order valence-corrected chi connectivity index (χ1v) is 10.7. The average Bonchev–Trinajstić information content (AvgIpc) is 2.84. The maximum atomic E-state index is 13.6. The molecule has 1 N–H and O–H groups in total. The summed E-state index contributed by atoms with van der Waals surface area (Å²) in [6, 6.07) is 16.9. The van der Waals surface area contributed by atoms with Gasteiger partial charge in [0.1, 0.15) is 17.3 Å². The molecule has 0 spiro atoms. The molecule has 1 saturated heterocycles. The lowest BCUT2D eigenvalue weighted by Crippen LogP contribution is -2.52. The summed E-state index contributed by atoms with van der Waals surface area (Å²) in [4.78, 5) is 30.0. The third-order valence-electron chi connectivity index (χ3n) is 5.88. The number of carbonyl (C=O) groups is 1. The molecule has 0 bridgehead atoms. The molecule has 0 radical (unpaired) electrons. The Kier molecular flexibility index (Phi) is 5.34. The maximum absolute atomic E-state index is 13.6. The molecular formula is C25H22FN5O2. The van der Waals surface area contributed by atoms with Gasteiger partial charge in [0.2, 0.25) is 0 Å². The molecule has 8 heteroatoms. The number of anilines is 2. The van der Waals surface area contributed by atoms with Crippen LogP contribution in [-0.2, 0) is 0 Å². The molecule has 4 aromatic rings. The smallest absolute Gasteiger partial charge is 0.335 e. The first-order chi connectivity index (χ1) is 16.0. The van der Waals surface area contributed by atoms with Crippen molar-refractivity contribution in [3.8, 4) is 11.3 Å². The third kappa shape index (κ3) is 4.07. The number of piperazine rings is 1. The lowest BCUT2D eigenvalue weighted by Gasteiger charge is -2.41. The second-order valence-corrected chi connectivity index (χ2v) is 8.09. The van der Waals surface area contributed by atoms with E-state index in [1.54, 1.807) is 24.4 Å². The highest BCUT2D eigenvalue weighted by Crippen LogP contribution is 2.33. The van der Waals surface area contributed by atoms with Crippen LogP contribution in [-0.4, -0.2) is 51.7 Å². The molecule has 1 fully saturated rings. The van der Waals surface area contributed by atoms with E-state index in [0.29, 0.717) is 29.1 Å². The van der Waals surface area contributed by atoms with E-state index in [1.165, 1.54) is 24.3 Å². The van der Waals surface area contributed by atoms with Crippen LogP contribution < -0.4 is 9.80 Å². The number of carboxylic acids is 1. The summed E-state index contributed by atoms with van der Waals surface area (Å²) in [5, 5.41) is 9.39. The van der Waals surface area contributed by atoms with E-state index in [4.69, 9.17) is 9.97 Å². The number of aromatic nitrogens is 3. The van der Waals surface area contributed by atoms with Gasteiger partial charge >= 0.3 is 5.97 Å². The van der Waals surface area contributed by atoms with Crippen molar-refractivity contribution < 1.29 is 14.3 Å². The number of halogens is 1. The van der Waals surface area contributed by atoms with Gasteiger partial charge in [-0.05, 0) is 61.5 Å². The quantitative estimate of drug-likeness (QED) is 0.505. The van der Waals surface area contributed by atoms with Crippen molar-refractivity contribution >= 4 is 28.6 Å². The molecule has 1 aliphatic rings. The minimum absolute atomic E-state index is 0.0920. The monoisotopic (exact) mass is 443 g/mol. The van der Waals surface area contributed by atoms with Crippen LogP contribution in [0.2, 0.25) is 0 Å². The number of benzene rings is 2. The summed E-state index contributed by atoms with van der Waals surface area (Å²) < 4.78 is 13.6. The summed E-state index contributed by atoms with van der Waals surface area (Å²) >= 11 is 0. The summed E-state index contributed by atoms with van der Waals surface area (Å²) in [5.41, 5.74) is 2.65. The molecule has 7 nitrogen and oxygen atoms in total. The van der Waals surface area contributed by atoms with Gasteiger partial charge in [-0.3, -0.25) is 0 Å². The van der Waals surface area contributed by atoms with Crippen LogP contribution >= 0.6 is 0 Å². The molecule has 1 aliphatic heterocycles. The van der Waals surface area contributed by atoms with Gasteiger partial charge < -0.3 is 14.9 Å². The number of hydrogen-bond donors (Lipinski definition) is 1. The number of carboxylic acid groups (broad SMARTS) is 1. The van der Waals surface area contributed by atoms with E-state index >= 15 is 0 Å². The van der Waals surface area contributed by atoms with Crippen LogP contribution in [0.3, 0.4) is 0 Å². The molecule has 2 aromatic carbocycles. The minimum atomic E-state index is -1.01. The number of aromatic carboxylic acids is 1. The van der Waals surface area contributed by atoms with Crippen LogP contribution in [0.5, 0.6) is 0 Å². The Balaban J connectivity index is 1.58. The van der Waals surface area contributed by atoms with Crippen molar-refractivity contribution in [1.29, 1.82) is 0 Å². The lowest BCUT2D eigenvalue weighted by molar-refractivity contribution is 0.0697. The Morgan fingerprint density at radius 2 is 1.85 bits per heavy atom. The first-order valence-electron chi connectivity index (χ1n) is 10.7. The molecular weight excluding hydrogens is 421 g/mol. The summed E-state index contributed by atoms with van der Waals surface area (Å²) in [6.45, 7) is 4.29. The number of pyridine rings is 1. The number of fused-ring (bicyclic) bond motifs is 1. The minimum Gasteiger partial charge on any atom is -0.478 e. The highest BCUT2D eigenvalue weighted by molar-refractivity contribution is 5.93. The summed E-state index contributed by atoms with van der Waals surface area (Å²) in [6.07, 6.45) is 1.79. The molecule has 33 heavy (non-hydrogen) atoms. The number of hydrogen-bond acceptors (Lipinski definition) is 6. The number of nitrogens with zero attached hydrogens (tertiary/aromatic N) is 5. The van der Waals surface area contributed by atoms with E-state index in [0.717, 1.165) is 24.5 Å². The lowest BCUT2D eigenvalue weighted by atomic mass is 10.1. The standard InChI is InChI=1S/C25H22FN5O2/c1-16-15-30(22-4-2-3-11-27-22)12-13-31(16)24-23(17-5-8-19(26)9-6-17)28-20-10-7-18(25(32)33)14-21(20)29-24/h2-11,14,16H,12-13,15H2,1H3,(H,32,33)/t16-/m0/s1. The summed E-state index contributed by atoms with van der Waals surface area (Å²) in [5.74, 6) is 0.251. The maximum Gasteiger partial charge on any atom is 0.335 e. The van der Waals surface area contributed by atoms with E-state index in [1.807, 2.05) is 18.2 Å². The molecule has 0 saturated carbocycles. The van der Waals surface area contributed by atoms with Gasteiger partial charge in [-0.15, -0.1) is 0 Å². The fourth-order valence-electron chi connectivity index (χ4n) is 4.20. The highest BCUT2D eigenvalue weighted by Gasteiger charge is 2.28. The van der Waals surface area contributed by atoms with Crippen molar-refractivity contribution in [2.24, 2.45) is 0 Å². The fraction of sp³-hybridized carbons (Fsp3) is 0.200. The van der Waals surface area contributed by atoms with Crippen molar-refractivity contribution in [2.45, 2.75) is 13.0 Å². The van der Waals surface area contributed by atoms with Gasteiger partial charge in [-0.25, -0.2) is 24.1 Å². The van der Waals surface area contributed by atoms with Crippen molar-refractivity contribution in [3.05, 3.63) is 78.2 Å². The molecule has 1 atom stereocenters. The van der Waals surface area contributed by atoms with Crippen LogP contribution in [0.4, 0.5) is 16.0 Å². The van der Waals surface area contributed by atoms with Crippen LogP contribution in [0.25, 0.3) is 22.3 Å². The Labute approximate surface area is 190 Å². The molecule has 0 unspecified atom stereocenters. The summed E-state index contributed by atoms with van der Waals surface area (Å²) in [7, 11) is 0. The van der Waals surface area contributed by atoms with Gasteiger partial charge in [0, 0.05) is 37.4 Å². The van der Waals surface area contributed by atoms with Gasteiger partial charge in [0.25, 0.3) is 0 Å². The van der Waals surface area contributed by atoms with E-state index in [9.17, 15) is 14.3 Å². The topological polar surface area (TPSA) is 82.5 Å². The molecule has 2 aromatic heterocycles. The highest BCUT2D eigenvalue weighted by atomic mass is 19.1. The van der Waals surface area contributed by atoms with Crippen LogP contribution in [0.1, 0.15) is 17.3 Å². The average molecular weight is 443 g/mol. The van der Waals surface area contributed by atoms with Crippen LogP contribution in [0, 0.1) is 5.82 Å². The van der Waals surface area contributed by atoms with E-state index in [-0.39, 0.29) is 17.4 Å². The molecule has 3 heterocycles. The Morgan fingerprint density at radius 3 is 2.55 bits per heavy atom. The van der Waals surface area contributed by atoms with E-state index < -0.39 is 5.97 Å². The molecule has 5 rings (SSSR count). The predicted octanol–water partition coefficient (Wildman–Crippen LogP) is 4.24. The molecule has 0 amide bonds. The normalized spacial score (nSPS) is 16.2. The largest absolute Gasteiger partial charge is 0.478 e. The van der Waals surface area contributed by atoms with Crippen molar-refractivity contribution in [1.82, 2.24) is 15.0 Å². The zero-order valence-electron chi connectivity index (χ0n) is 18.0. The zero-order chi connectivity index (χ0) is 22.9. The first kappa shape index (κ1) is 20.8. The van der Waals surface area contributed by atoms with Crippen molar-refractivity contribution in [3.63, 3.8) is 0 Å². The SMILES string of the molecule is C[C@H]1CN(c2ccccn2)CCN1c1nc2cc(C(=O)O)ccc2nc1-c1ccc(F)cc1. The Morgan fingerprint density at radius 1 is 1.03 bits per heavy atom. The van der Waals surface area contributed by atoms with Gasteiger partial charge in [-0.1, -0.05) is 6.07 Å². The Hall–Kier alpha value is -4.07. The Bertz CT molecular complexity index is 1310. The second kappa shape index (κ2) is 8.46. The molecule has 166 valence electrons. The van der Waals surface area contributed by atoms with E-state index in [2.05, 4.69) is 21.7 Å². The van der Waals surface area contributed by atoms with Crippen LogP contribution in [0.15, 0.2) is 66.9 Å². The second-order valence-electron chi connectivity index (χ2n) is 8.09. The van der Waals surface area contributed by atoms with Gasteiger partial charge in [-0.2, -0.15) is 0 Å². The fourth-order valence-corrected chi connectivity index (χ4v) is 4.20.